The number of nitrogens with one attached hydrogen (secondary N) is 2. The maximum absolute atomic E-state index is 13.2. The quantitative estimate of drug-likeness (QED) is 0.843. The molecule has 3 rings (SSSR count). The number of hydrogen-bond acceptors (Lipinski definition) is 3. The standard InChI is InChI=1S/C17H19F3N2O3S/c18-17(19,20)14-9-16(23)22-15-7-6-12(8-13(14)15)26(24,25)21-10-11-4-2-1-3-5-11/h6-9,11,21H,1-5,10H2,(H,22,23). The second-order valence-corrected chi connectivity index (χ2v) is 8.38. The van der Waals surface area contributed by atoms with Crippen molar-refractivity contribution in [3.05, 3.63) is 40.2 Å². The average Bonchev–Trinajstić information content (AvgIpc) is 2.59. The lowest BCUT2D eigenvalue weighted by molar-refractivity contribution is -0.136. The molecule has 2 N–H and O–H groups in total. The molecular weight excluding hydrogens is 369 g/mol. The van der Waals surface area contributed by atoms with Crippen LogP contribution >= 0.6 is 0 Å². The van der Waals surface area contributed by atoms with Crippen molar-refractivity contribution in [2.24, 2.45) is 5.92 Å². The summed E-state index contributed by atoms with van der Waals surface area (Å²) >= 11 is 0. The molecule has 142 valence electrons. The maximum Gasteiger partial charge on any atom is 0.417 e. The molecule has 0 saturated heterocycles. The summed E-state index contributed by atoms with van der Waals surface area (Å²) in [6, 6.07) is 3.77. The van der Waals surface area contributed by atoms with Gasteiger partial charge in [0.25, 0.3) is 0 Å². The Kier molecular flexibility index (Phi) is 5.12. The molecule has 2 aromatic rings. The van der Waals surface area contributed by atoms with Crippen LogP contribution in [0.4, 0.5) is 13.2 Å². The largest absolute Gasteiger partial charge is 0.417 e. The van der Waals surface area contributed by atoms with E-state index in [0.29, 0.717) is 6.07 Å². The van der Waals surface area contributed by atoms with Crippen LogP contribution < -0.4 is 10.3 Å². The molecular formula is C17H19F3N2O3S. The van der Waals surface area contributed by atoms with Gasteiger partial charge in [0.05, 0.1) is 10.5 Å². The lowest BCUT2D eigenvalue weighted by Crippen LogP contribution is -2.30. The van der Waals surface area contributed by atoms with Crippen LogP contribution in [0, 0.1) is 5.92 Å². The molecule has 0 amide bonds. The first-order valence-electron chi connectivity index (χ1n) is 8.41. The van der Waals surface area contributed by atoms with Crippen molar-refractivity contribution in [1.29, 1.82) is 0 Å². The Bertz CT molecular complexity index is 961. The van der Waals surface area contributed by atoms with Gasteiger partial charge in [-0.15, -0.1) is 0 Å². The average molecular weight is 388 g/mol. The molecule has 1 aliphatic rings. The summed E-state index contributed by atoms with van der Waals surface area (Å²) in [7, 11) is -3.93. The second kappa shape index (κ2) is 7.03. The number of fused-ring (bicyclic) bond motifs is 1. The molecule has 0 aliphatic heterocycles. The van der Waals surface area contributed by atoms with Gasteiger partial charge in [-0.2, -0.15) is 13.2 Å². The van der Waals surface area contributed by atoms with E-state index in [1.54, 1.807) is 0 Å². The third-order valence-electron chi connectivity index (χ3n) is 4.72. The zero-order valence-corrected chi connectivity index (χ0v) is 14.7. The van der Waals surface area contributed by atoms with E-state index in [1.807, 2.05) is 0 Å². The molecule has 0 spiro atoms. The fourth-order valence-corrected chi connectivity index (χ4v) is 4.48. The summed E-state index contributed by atoms with van der Waals surface area (Å²) in [5, 5.41) is -0.349. The summed E-state index contributed by atoms with van der Waals surface area (Å²) in [5.74, 6) is 0.251. The third kappa shape index (κ3) is 4.09. The molecule has 1 heterocycles. The summed E-state index contributed by atoms with van der Waals surface area (Å²) in [6.45, 7) is 0.276. The SMILES string of the molecule is O=c1cc(C(F)(F)F)c2cc(S(=O)(=O)NCC3CCCCC3)ccc2[nH]1. The fraction of sp³-hybridized carbons (Fsp3) is 0.471. The minimum Gasteiger partial charge on any atom is -0.322 e. The highest BCUT2D eigenvalue weighted by Crippen LogP contribution is 2.34. The van der Waals surface area contributed by atoms with E-state index < -0.39 is 27.3 Å². The van der Waals surface area contributed by atoms with E-state index in [9.17, 15) is 26.4 Å². The normalized spacial score (nSPS) is 16.9. The molecule has 1 aromatic heterocycles. The third-order valence-corrected chi connectivity index (χ3v) is 6.14. The second-order valence-electron chi connectivity index (χ2n) is 6.61. The Labute approximate surface area is 148 Å². The number of sulfonamides is 1. The van der Waals surface area contributed by atoms with Crippen molar-refractivity contribution in [3.63, 3.8) is 0 Å². The molecule has 1 aliphatic carbocycles. The van der Waals surface area contributed by atoms with Gasteiger partial charge in [-0.25, -0.2) is 13.1 Å². The number of aromatic nitrogens is 1. The van der Waals surface area contributed by atoms with Crippen molar-refractivity contribution in [2.45, 2.75) is 43.2 Å². The molecule has 0 unspecified atom stereocenters. The molecule has 1 aromatic carbocycles. The molecule has 1 saturated carbocycles. The fourth-order valence-electron chi connectivity index (χ4n) is 3.34. The molecule has 0 bridgehead atoms. The van der Waals surface area contributed by atoms with Crippen LogP contribution in [0.3, 0.4) is 0 Å². The zero-order chi connectivity index (χ0) is 18.9. The van der Waals surface area contributed by atoms with E-state index >= 15 is 0 Å². The zero-order valence-electron chi connectivity index (χ0n) is 13.9. The van der Waals surface area contributed by atoms with Gasteiger partial charge in [0.1, 0.15) is 0 Å². The first-order valence-corrected chi connectivity index (χ1v) is 9.89. The van der Waals surface area contributed by atoms with Gasteiger partial charge in [-0.05, 0) is 37.0 Å². The summed E-state index contributed by atoms with van der Waals surface area (Å²) < 4.78 is 67.1. The lowest BCUT2D eigenvalue weighted by Gasteiger charge is -2.21. The first-order chi connectivity index (χ1) is 12.2. The van der Waals surface area contributed by atoms with Crippen molar-refractivity contribution in [1.82, 2.24) is 9.71 Å². The molecule has 0 atom stereocenters. The van der Waals surface area contributed by atoms with Gasteiger partial charge in [0, 0.05) is 23.5 Å². The number of rotatable bonds is 4. The highest BCUT2D eigenvalue weighted by atomic mass is 32.2. The minimum absolute atomic E-state index is 0.0592. The van der Waals surface area contributed by atoms with Crippen LogP contribution in [0.25, 0.3) is 10.9 Å². The number of hydrogen-bond donors (Lipinski definition) is 2. The summed E-state index contributed by atoms with van der Waals surface area (Å²) in [5.41, 5.74) is -2.10. The number of H-pyrrole nitrogens is 1. The predicted octanol–water partition coefficient (Wildman–Crippen LogP) is 3.41. The van der Waals surface area contributed by atoms with Crippen molar-refractivity contribution in [2.75, 3.05) is 6.54 Å². The van der Waals surface area contributed by atoms with E-state index in [-0.39, 0.29) is 28.3 Å². The Balaban J connectivity index is 1.94. The van der Waals surface area contributed by atoms with E-state index in [0.717, 1.165) is 38.2 Å². The van der Waals surface area contributed by atoms with Gasteiger partial charge in [-0.3, -0.25) is 4.79 Å². The number of benzene rings is 1. The van der Waals surface area contributed by atoms with E-state index in [2.05, 4.69) is 9.71 Å². The Morgan fingerprint density at radius 3 is 2.46 bits per heavy atom. The summed E-state index contributed by atoms with van der Waals surface area (Å²) in [4.78, 5) is 13.5. The van der Waals surface area contributed by atoms with Crippen LogP contribution in [0.5, 0.6) is 0 Å². The number of alkyl halides is 3. The van der Waals surface area contributed by atoms with Gasteiger partial charge < -0.3 is 4.98 Å². The van der Waals surface area contributed by atoms with E-state index in [1.165, 1.54) is 12.1 Å². The molecule has 5 nitrogen and oxygen atoms in total. The molecule has 26 heavy (non-hydrogen) atoms. The highest BCUT2D eigenvalue weighted by Gasteiger charge is 2.33. The number of pyridine rings is 1. The van der Waals surface area contributed by atoms with Crippen LogP contribution in [0.15, 0.2) is 34.0 Å². The molecule has 0 radical (unpaired) electrons. The highest BCUT2D eigenvalue weighted by molar-refractivity contribution is 7.89. The molecule has 1 fully saturated rings. The van der Waals surface area contributed by atoms with Crippen LogP contribution in [0.2, 0.25) is 0 Å². The van der Waals surface area contributed by atoms with Gasteiger partial charge >= 0.3 is 6.18 Å². The monoisotopic (exact) mass is 388 g/mol. The number of aromatic amines is 1. The van der Waals surface area contributed by atoms with Gasteiger partial charge in [-0.1, -0.05) is 19.3 Å². The van der Waals surface area contributed by atoms with E-state index in [4.69, 9.17) is 0 Å². The maximum atomic E-state index is 13.2. The van der Waals surface area contributed by atoms with Crippen molar-refractivity contribution < 1.29 is 21.6 Å². The molecule has 9 heteroatoms. The lowest BCUT2D eigenvalue weighted by atomic mass is 9.90. The number of halogens is 3. The van der Waals surface area contributed by atoms with Crippen molar-refractivity contribution in [3.8, 4) is 0 Å². The Morgan fingerprint density at radius 1 is 1.12 bits per heavy atom. The Morgan fingerprint density at radius 2 is 1.81 bits per heavy atom. The summed E-state index contributed by atoms with van der Waals surface area (Å²) in [6.07, 6.45) is 0.394. The Hall–Kier alpha value is -1.87. The van der Waals surface area contributed by atoms with Crippen molar-refractivity contribution >= 4 is 20.9 Å². The van der Waals surface area contributed by atoms with Gasteiger partial charge in [0.15, 0.2) is 0 Å². The minimum atomic E-state index is -4.76. The predicted molar refractivity (Wildman–Crippen MR) is 91.3 cm³/mol. The van der Waals surface area contributed by atoms with Crippen LogP contribution in [-0.2, 0) is 16.2 Å². The van der Waals surface area contributed by atoms with Crippen LogP contribution in [-0.4, -0.2) is 19.9 Å². The first kappa shape index (κ1) is 18.9. The topological polar surface area (TPSA) is 79.0 Å². The van der Waals surface area contributed by atoms with Gasteiger partial charge in [0.2, 0.25) is 15.6 Å². The smallest absolute Gasteiger partial charge is 0.322 e. The van der Waals surface area contributed by atoms with Crippen LogP contribution in [0.1, 0.15) is 37.7 Å².